The quantitative estimate of drug-likeness (QED) is 0.387. The molecule has 0 aromatic heterocycles. The Kier molecular flexibility index (Phi) is 4.68. The highest BCUT2D eigenvalue weighted by molar-refractivity contribution is 6.43. The van der Waals surface area contributed by atoms with Gasteiger partial charge in [0.05, 0.1) is 15.1 Å². The summed E-state index contributed by atoms with van der Waals surface area (Å²) in [5.41, 5.74) is 1.96. The number of amides is 1. The highest BCUT2D eigenvalue weighted by Gasteiger charge is 2.16. The normalized spacial score (nSPS) is 12.1. The van der Waals surface area contributed by atoms with Gasteiger partial charge in [-0.3, -0.25) is 10.2 Å². The second-order valence-electron chi connectivity index (χ2n) is 2.97. The summed E-state index contributed by atoms with van der Waals surface area (Å²) in [7, 11) is 0. The van der Waals surface area contributed by atoms with Gasteiger partial charge in [0.25, 0.3) is 5.91 Å². The molecule has 1 aromatic rings. The van der Waals surface area contributed by atoms with E-state index in [0.29, 0.717) is 10.0 Å². The van der Waals surface area contributed by atoms with Crippen molar-refractivity contribution in [1.82, 2.24) is 5.43 Å². The number of rotatable bonds is 3. The van der Waals surface area contributed by atoms with E-state index in [0.717, 1.165) is 0 Å². The monoisotopic (exact) mass is 282 g/mol. The molecule has 7 heteroatoms. The minimum absolute atomic E-state index is 0.270. The Morgan fingerprint density at radius 2 is 1.88 bits per heavy atom. The van der Waals surface area contributed by atoms with Gasteiger partial charge in [0.2, 0.25) is 0 Å². The molecule has 0 unspecified atom stereocenters. The van der Waals surface area contributed by atoms with Gasteiger partial charge in [0.1, 0.15) is 5.75 Å². The summed E-state index contributed by atoms with van der Waals surface area (Å²) < 4.78 is 5.27. The van der Waals surface area contributed by atoms with Crippen molar-refractivity contribution < 1.29 is 9.53 Å². The first kappa shape index (κ1) is 13.4. The zero-order chi connectivity index (χ0) is 12.3. The van der Waals surface area contributed by atoms with Crippen molar-refractivity contribution in [1.29, 1.82) is 0 Å². The molecule has 16 heavy (non-hydrogen) atoms. The Balaban J connectivity index is 2.89. The Hall–Kier alpha value is -0.680. The number of halogens is 3. The molecule has 1 amide bonds. The number of ether oxygens (including phenoxy) is 1. The molecule has 0 aliphatic heterocycles. The fraction of sp³-hybridized carbons (Fsp3) is 0.222. The van der Waals surface area contributed by atoms with Crippen LogP contribution in [0.1, 0.15) is 6.92 Å². The van der Waals surface area contributed by atoms with Crippen LogP contribution >= 0.6 is 34.8 Å². The molecule has 0 radical (unpaired) electrons. The van der Waals surface area contributed by atoms with E-state index in [2.05, 4.69) is 0 Å². The van der Waals surface area contributed by atoms with E-state index in [1.54, 1.807) is 0 Å². The Morgan fingerprint density at radius 3 is 2.44 bits per heavy atom. The minimum atomic E-state index is -0.778. The molecule has 1 aromatic carbocycles. The van der Waals surface area contributed by atoms with Gasteiger partial charge in [-0.05, 0) is 13.0 Å². The van der Waals surface area contributed by atoms with Crippen LogP contribution in [0.3, 0.4) is 0 Å². The van der Waals surface area contributed by atoms with Gasteiger partial charge in [-0.15, -0.1) is 0 Å². The molecule has 3 N–H and O–H groups in total. The van der Waals surface area contributed by atoms with Crippen molar-refractivity contribution in [3.8, 4) is 5.75 Å². The van der Waals surface area contributed by atoms with Gasteiger partial charge in [0, 0.05) is 6.07 Å². The van der Waals surface area contributed by atoms with E-state index in [1.165, 1.54) is 19.1 Å². The first-order chi connectivity index (χ1) is 7.45. The zero-order valence-corrected chi connectivity index (χ0v) is 10.5. The van der Waals surface area contributed by atoms with Crippen LogP contribution in [0.15, 0.2) is 12.1 Å². The molecule has 0 aliphatic rings. The van der Waals surface area contributed by atoms with Gasteiger partial charge in [-0.2, -0.15) is 0 Å². The number of benzene rings is 1. The fourth-order valence-corrected chi connectivity index (χ4v) is 1.54. The van der Waals surface area contributed by atoms with Crippen LogP contribution in [0.5, 0.6) is 5.75 Å². The molecular formula is C9H9Cl3N2O2. The average Bonchev–Trinajstić information content (AvgIpc) is 2.24. The summed E-state index contributed by atoms with van der Waals surface area (Å²) in [5.74, 6) is 4.76. The summed E-state index contributed by atoms with van der Waals surface area (Å²) in [6, 6.07) is 2.88. The van der Waals surface area contributed by atoms with Crippen molar-refractivity contribution in [2.75, 3.05) is 0 Å². The average molecular weight is 284 g/mol. The van der Waals surface area contributed by atoms with Crippen molar-refractivity contribution in [2.24, 2.45) is 5.84 Å². The third-order valence-corrected chi connectivity index (χ3v) is 2.81. The van der Waals surface area contributed by atoms with E-state index in [4.69, 9.17) is 45.4 Å². The Morgan fingerprint density at radius 1 is 1.31 bits per heavy atom. The molecule has 0 saturated carbocycles. The maximum Gasteiger partial charge on any atom is 0.274 e. The third-order valence-electron chi connectivity index (χ3n) is 1.79. The number of hydrogen-bond acceptors (Lipinski definition) is 3. The molecule has 0 heterocycles. The minimum Gasteiger partial charge on any atom is -0.479 e. The maximum atomic E-state index is 11.1. The lowest BCUT2D eigenvalue weighted by Crippen LogP contribution is -2.40. The number of nitrogens with two attached hydrogens (primary N) is 1. The van der Waals surface area contributed by atoms with Crippen LogP contribution in [0.2, 0.25) is 15.1 Å². The van der Waals surface area contributed by atoms with Crippen LogP contribution < -0.4 is 16.0 Å². The second-order valence-corrected chi connectivity index (χ2v) is 4.19. The maximum absolute atomic E-state index is 11.1. The van der Waals surface area contributed by atoms with Crippen LogP contribution in [0.4, 0.5) is 0 Å². The smallest absolute Gasteiger partial charge is 0.274 e. The van der Waals surface area contributed by atoms with Crippen LogP contribution in [0, 0.1) is 0 Å². The van der Waals surface area contributed by atoms with E-state index in [-0.39, 0.29) is 10.8 Å². The lowest BCUT2D eigenvalue weighted by Gasteiger charge is -2.14. The molecule has 0 aliphatic carbocycles. The molecule has 1 atom stereocenters. The number of nitrogens with one attached hydrogen (secondary N) is 1. The first-order valence-corrected chi connectivity index (χ1v) is 5.40. The number of hydrazine groups is 1. The predicted octanol–water partition coefficient (Wildman–Crippen LogP) is 2.40. The van der Waals surface area contributed by atoms with Gasteiger partial charge in [0.15, 0.2) is 6.10 Å². The molecule has 1 rings (SSSR count). The van der Waals surface area contributed by atoms with Crippen molar-refractivity contribution in [3.63, 3.8) is 0 Å². The van der Waals surface area contributed by atoms with Gasteiger partial charge >= 0.3 is 0 Å². The summed E-state index contributed by atoms with van der Waals surface area (Å²) in [5, 5.41) is 0.877. The Labute approximate surface area is 108 Å². The summed E-state index contributed by atoms with van der Waals surface area (Å²) in [4.78, 5) is 11.1. The van der Waals surface area contributed by atoms with Crippen molar-refractivity contribution >= 4 is 40.7 Å². The standard InChI is InChI=1S/C9H9Cl3N2O2/c1-4(9(15)14-13)16-8-3-6(11)5(10)2-7(8)12/h2-4H,13H2,1H3,(H,14,15)/t4-/m0/s1. The van der Waals surface area contributed by atoms with Gasteiger partial charge in [-0.1, -0.05) is 34.8 Å². The highest BCUT2D eigenvalue weighted by atomic mass is 35.5. The van der Waals surface area contributed by atoms with Gasteiger partial charge < -0.3 is 4.74 Å². The van der Waals surface area contributed by atoms with Crippen LogP contribution in [0.25, 0.3) is 0 Å². The molecule has 0 saturated heterocycles. The van der Waals surface area contributed by atoms with E-state index in [1.807, 2.05) is 5.43 Å². The molecule has 0 bridgehead atoms. The molecule has 0 fully saturated rings. The summed E-state index contributed by atoms with van der Waals surface area (Å²) in [6.07, 6.45) is -0.778. The topological polar surface area (TPSA) is 64.3 Å². The third kappa shape index (κ3) is 3.15. The summed E-state index contributed by atoms with van der Waals surface area (Å²) >= 11 is 17.4. The number of hydrogen-bond donors (Lipinski definition) is 2. The molecule has 0 spiro atoms. The molecule has 4 nitrogen and oxygen atoms in total. The predicted molar refractivity (Wildman–Crippen MR) is 63.9 cm³/mol. The second kappa shape index (κ2) is 5.59. The molecular weight excluding hydrogens is 274 g/mol. The first-order valence-electron chi connectivity index (χ1n) is 4.27. The molecule has 88 valence electrons. The largest absolute Gasteiger partial charge is 0.479 e. The SMILES string of the molecule is C[C@H](Oc1cc(Cl)c(Cl)cc1Cl)C(=O)NN. The fourth-order valence-electron chi connectivity index (χ4n) is 0.956. The van der Waals surface area contributed by atoms with E-state index >= 15 is 0 Å². The van der Waals surface area contributed by atoms with Gasteiger partial charge in [-0.25, -0.2) is 5.84 Å². The number of carbonyl (C=O) groups is 1. The lowest BCUT2D eigenvalue weighted by atomic mass is 10.3. The van der Waals surface area contributed by atoms with Crippen molar-refractivity contribution in [3.05, 3.63) is 27.2 Å². The van der Waals surface area contributed by atoms with Crippen LogP contribution in [-0.2, 0) is 4.79 Å². The van der Waals surface area contributed by atoms with Crippen molar-refractivity contribution in [2.45, 2.75) is 13.0 Å². The summed E-state index contributed by atoms with van der Waals surface area (Å²) in [6.45, 7) is 1.53. The number of carbonyl (C=O) groups excluding carboxylic acids is 1. The lowest BCUT2D eigenvalue weighted by molar-refractivity contribution is -0.127. The van der Waals surface area contributed by atoms with Crippen LogP contribution in [-0.4, -0.2) is 12.0 Å². The van der Waals surface area contributed by atoms with E-state index < -0.39 is 12.0 Å². The van der Waals surface area contributed by atoms with E-state index in [9.17, 15) is 4.79 Å². The Bertz CT molecular complexity index is 412. The highest BCUT2D eigenvalue weighted by Crippen LogP contribution is 2.34. The zero-order valence-electron chi connectivity index (χ0n) is 8.26.